The van der Waals surface area contributed by atoms with Gasteiger partial charge in [0.25, 0.3) is 0 Å². The largest absolute Gasteiger partial charge is 0.374 e. The van der Waals surface area contributed by atoms with E-state index >= 15 is 0 Å². The average molecular weight is 351 g/mol. The summed E-state index contributed by atoms with van der Waals surface area (Å²) in [5.41, 5.74) is 0. The Labute approximate surface area is 140 Å². The number of halogens is 2. The van der Waals surface area contributed by atoms with Gasteiger partial charge in [0.2, 0.25) is 5.91 Å². The molecule has 1 fully saturated rings. The summed E-state index contributed by atoms with van der Waals surface area (Å²) in [6.07, 6.45) is 4.94. The van der Waals surface area contributed by atoms with Crippen molar-refractivity contribution >= 4 is 41.7 Å². The molecular formula is C14H20Cl2N2O2S. The van der Waals surface area contributed by atoms with Gasteiger partial charge in [-0.05, 0) is 12.3 Å². The van der Waals surface area contributed by atoms with E-state index in [0.717, 1.165) is 26.1 Å². The van der Waals surface area contributed by atoms with E-state index in [1.54, 1.807) is 0 Å². The Morgan fingerprint density at radius 3 is 3.00 bits per heavy atom. The monoisotopic (exact) mass is 350 g/mol. The molecule has 0 saturated carbocycles. The van der Waals surface area contributed by atoms with Gasteiger partial charge < -0.3 is 10.1 Å². The van der Waals surface area contributed by atoms with Crippen LogP contribution in [0.5, 0.6) is 0 Å². The van der Waals surface area contributed by atoms with Gasteiger partial charge in [-0.25, -0.2) is 0 Å². The third-order valence-electron chi connectivity index (χ3n) is 3.60. The van der Waals surface area contributed by atoms with Crippen LogP contribution >= 0.6 is 35.8 Å². The van der Waals surface area contributed by atoms with Crippen LogP contribution in [0.3, 0.4) is 0 Å². The van der Waals surface area contributed by atoms with Crippen molar-refractivity contribution in [2.24, 2.45) is 5.92 Å². The van der Waals surface area contributed by atoms with Gasteiger partial charge in [0.15, 0.2) is 0 Å². The number of thiol groups is 1. The molecule has 0 bridgehead atoms. The van der Waals surface area contributed by atoms with Crippen LogP contribution in [0.1, 0.15) is 6.42 Å². The van der Waals surface area contributed by atoms with Gasteiger partial charge in [0, 0.05) is 26.2 Å². The molecule has 0 aromatic rings. The van der Waals surface area contributed by atoms with Crippen molar-refractivity contribution in [1.82, 2.24) is 10.2 Å². The second-order valence-electron chi connectivity index (χ2n) is 5.28. The maximum absolute atomic E-state index is 11.2. The lowest BCUT2D eigenvalue weighted by atomic mass is 9.99. The van der Waals surface area contributed by atoms with Gasteiger partial charge in [-0.1, -0.05) is 35.4 Å². The molecule has 2 atom stereocenters. The number of hydrogen-bond donors (Lipinski definition) is 2. The van der Waals surface area contributed by atoms with Crippen LogP contribution in [0.4, 0.5) is 0 Å². The predicted octanol–water partition coefficient (Wildman–Crippen LogP) is 2.00. The molecule has 7 heteroatoms. The first-order chi connectivity index (χ1) is 10.1. The zero-order chi connectivity index (χ0) is 15.2. The van der Waals surface area contributed by atoms with Crippen molar-refractivity contribution in [3.8, 4) is 0 Å². The van der Waals surface area contributed by atoms with Crippen molar-refractivity contribution in [3.05, 3.63) is 22.2 Å². The van der Waals surface area contributed by atoms with Crippen molar-refractivity contribution in [1.29, 1.82) is 0 Å². The highest BCUT2D eigenvalue weighted by atomic mass is 35.5. The molecule has 0 radical (unpaired) electrons. The quantitative estimate of drug-likeness (QED) is 0.745. The van der Waals surface area contributed by atoms with Crippen molar-refractivity contribution in [3.63, 3.8) is 0 Å². The Morgan fingerprint density at radius 1 is 1.48 bits per heavy atom. The minimum Gasteiger partial charge on any atom is -0.374 e. The molecule has 2 rings (SSSR count). The van der Waals surface area contributed by atoms with E-state index in [9.17, 15) is 4.79 Å². The summed E-state index contributed by atoms with van der Waals surface area (Å²) in [6.45, 7) is 3.85. The molecule has 1 unspecified atom stereocenters. The fraction of sp³-hybridized carbons (Fsp3) is 0.643. The fourth-order valence-electron chi connectivity index (χ4n) is 2.52. The zero-order valence-corrected chi connectivity index (χ0v) is 14.1. The summed E-state index contributed by atoms with van der Waals surface area (Å²) >= 11 is 16.0. The molecule has 118 valence electrons. The molecule has 0 aromatic carbocycles. The molecule has 1 amide bonds. The number of allylic oxidation sites excluding steroid dienone is 3. The molecule has 1 aliphatic carbocycles. The molecule has 2 aliphatic rings. The molecule has 1 heterocycles. The molecule has 0 aromatic heterocycles. The number of carbonyl (C=O) groups is 1. The highest BCUT2D eigenvalue weighted by molar-refractivity contribution is 7.81. The summed E-state index contributed by atoms with van der Waals surface area (Å²) < 4.78 is 5.67. The zero-order valence-electron chi connectivity index (χ0n) is 11.7. The normalized spacial score (nSPS) is 27.0. The van der Waals surface area contributed by atoms with E-state index in [0.29, 0.717) is 29.1 Å². The Kier molecular flexibility index (Phi) is 6.89. The first-order valence-corrected chi connectivity index (χ1v) is 8.42. The predicted molar refractivity (Wildman–Crippen MR) is 89.0 cm³/mol. The maximum Gasteiger partial charge on any atom is 0.229 e. The lowest BCUT2D eigenvalue weighted by Crippen LogP contribution is -2.48. The van der Waals surface area contributed by atoms with Gasteiger partial charge in [0.05, 0.1) is 28.5 Å². The lowest BCUT2D eigenvalue weighted by molar-refractivity contribution is -0.119. The number of hydrogen-bond acceptors (Lipinski definition) is 4. The Bertz CT molecular complexity index is 443. The average Bonchev–Trinajstić information content (AvgIpc) is 2.49. The van der Waals surface area contributed by atoms with Gasteiger partial charge in [-0.3, -0.25) is 9.69 Å². The van der Waals surface area contributed by atoms with E-state index in [-0.39, 0.29) is 17.8 Å². The van der Waals surface area contributed by atoms with E-state index in [1.807, 2.05) is 12.2 Å². The first-order valence-electron chi connectivity index (χ1n) is 7.03. The SMILES string of the molecule is O=C(CS)NC[C@H]1CN(CC2C=C(Cl)C(Cl)=CC2)CCO1. The number of carbonyl (C=O) groups excluding carboxylic acids is 1. The van der Waals surface area contributed by atoms with E-state index in [2.05, 4.69) is 22.8 Å². The molecule has 21 heavy (non-hydrogen) atoms. The molecular weight excluding hydrogens is 331 g/mol. The first kappa shape index (κ1) is 17.2. The lowest BCUT2D eigenvalue weighted by Gasteiger charge is -2.35. The third kappa shape index (κ3) is 5.49. The second kappa shape index (κ2) is 8.44. The number of ether oxygens (including phenoxy) is 1. The molecule has 0 spiro atoms. The van der Waals surface area contributed by atoms with Crippen molar-refractivity contribution in [2.75, 3.05) is 38.5 Å². The van der Waals surface area contributed by atoms with Gasteiger partial charge in [-0.15, -0.1) is 0 Å². The van der Waals surface area contributed by atoms with E-state index < -0.39 is 0 Å². The summed E-state index contributed by atoms with van der Waals surface area (Å²) in [7, 11) is 0. The summed E-state index contributed by atoms with van der Waals surface area (Å²) in [5.74, 6) is 0.515. The number of nitrogens with zero attached hydrogens (tertiary/aromatic N) is 1. The highest BCUT2D eigenvalue weighted by Gasteiger charge is 2.23. The number of rotatable bonds is 5. The molecule has 1 N–H and O–H groups in total. The van der Waals surface area contributed by atoms with Gasteiger partial charge in [-0.2, -0.15) is 12.6 Å². The van der Waals surface area contributed by atoms with Crippen LogP contribution in [-0.4, -0.2) is 55.4 Å². The number of amides is 1. The van der Waals surface area contributed by atoms with Gasteiger partial charge in [0.1, 0.15) is 0 Å². The number of nitrogens with one attached hydrogen (secondary N) is 1. The fourth-order valence-corrected chi connectivity index (χ4v) is 3.04. The topological polar surface area (TPSA) is 41.6 Å². The third-order valence-corrected chi connectivity index (χ3v) is 4.67. The van der Waals surface area contributed by atoms with Crippen LogP contribution in [0.25, 0.3) is 0 Å². The number of morpholine rings is 1. The van der Waals surface area contributed by atoms with Crippen molar-refractivity contribution < 1.29 is 9.53 Å². The molecule has 1 saturated heterocycles. The summed E-state index contributed by atoms with van der Waals surface area (Å²) in [6, 6.07) is 0. The van der Waals surface area contributed by atoms with Crippen LogP contribution in [-0.2, 0) is 9.53 Å². The van der Waals surface area contributed by atoms with E-state index in [1.165, 1.54) is 0 Å². The van der Waals surface area contributed by atoms with Crippen LogP contribution in [0, 0.1) is 5.92 Å². The van der Waals surface area contributed by atoms with Crippen molar-refractivity contribution in [2.45, 2.75) is 12.5 Å². The highest BCUT2D eigenvalue weighted by Crippen LogP contribution is 2.28. The standard InChI is InChI=1S/C14H20Cl2N2O2S/c15-12-2-1-10(5-13(12)16)7-18-3-4-20-11(8-18)6-17-14(19)9-21/h2,5,10-11,21H,1,3-4,6-9H2,(H,17,19)/t10?,11-/m0/s1. The van der Waals surface area contributed by atoms with Crippen LogP contribution in [0.15, 0.2) is 22.2 Å². The van der Waals surface area contributed by atoms with E-state index in [4.69, 9.17) is 27.9 Å². The smallest absolute Gasteiger partial charge is 0.229 e. The van der Waals surface area contributed by atoms with Gasteiger partial charge >= 0.3 is 0 Å². The minimum absolute atomic E-state index is 0.0322. The Hall–Kier alpha value is -0.200. The Balaban J connectivity index is 1.78. The summed E-state index contributed by atoms with van der Waals surface area (Å²) in [5, 5.41) is 4.09. The van der Waals surface area contributed by atoms with Crippen LogP contribution < -0.4 is 5.32 Å². The molecule has 4 nitrogen and oxygen atoms in total. The summed E-state index contributed by atoms with van der Waals surface area (Å²) in [4.78, 5) is 13.6. The maximum atomic E-state index is 11.2. The second-order valence-corrected chi connectivity index (χ2v) is 6.41. The molecule has 1 aliphatic heterocycles. The Morgan fingerprint density at radius 2 is 2.29 bits per heavy atom. The minimum atomic E-state index is -0.0687. The van der Waals surface area contributed by atoms with Crippen LogP contribution in [0.2, 0.25) is 0 Å².